The number of nitrogens with zero attached hydrogens (tertiary/aromatic N) is 1. The predicted molar refractivity (Wildman–Crippen MR) is 71.4 cm³/mol. The molecule has 0 aliphatic rings. The molecule has 1 unspecified atom stereocenters. The molecule has 1 aromatic carbocycles. The van der Waals surface area contributed by atoms with Crippen LogP contribution in [0, 0.1) is 0 Å². The smallest absolute Gasteiger partial charge is 0.328 e. The fraction of sp³-hybridized carbons (Fsp3) is 0.333. The monoisotopic (exact) mass is 267 g/mol. The van der Waals surface area contributed by atoms with Crippen molar-refractivity contribution in [2.75, 3.05) is 30.9 Å². The second-order valence-electron chi connectivity index (χ2n) is 4.11. The zero-order valence-electron chi connectivity index (χ0n) is 10.8. The van der Waals surface area contributed by atoms with Crippen molar-refractivity contribution in [2.45, 2.75) is 6.04 Å². The van der Waals surface area contributed by atoms with Gasteiger partial charge in [-0.3, -0.25) is 0 Å². The van der Waals surface area contributed by atoms with Gasteiger partial charge in [0.2, 0.25) is 0 Å². The Kier molecular flexibility index (Phi) is 5.13. The standard InChI is InChI=1S/C12H17N3O4/c1-15(2)9-5-3-8(4-6-9)13-12(19)14-10(7-16)11(17)18/h3-6,10,16H,7H2,1-2H3,(H,17,18)(H2,13,14,19). The molecule has 0 aromatic heterocycles. The van der Waals surface area contributed by atoms with Gasteiger partial charge >= 0.3 is 12.0 Å². The summed E-state index contributed by atoms with van der Waals surface area (Å²) in [6.45, 7) is -0.664. The maximum absolute atomic E-state index is 11.5. The number of urea groups is 1. The Labute approximate surface area is 110 Å². The number of carboxylic acid groups (broad SMARTS) is 1. The quantitative estimate of drug-likeness (QED) is 0.615. The van der Waals surface area contributed by atoms with Crippen molar-refractivity contribution in [3.63, 3.8) is 0 Å². The van der Waals surface area contributed by atoms with E-state index in [-0.39, 0.29) is 0 Å². The molecule has 0 radical (unpaired) electrons. The van der Waals surface area contributed by atoms with Crippen LogP contribution >= 0.6 is 0 Å². The molecule has 1 rings (SSSR count). The molecule has 0 aliphatic heterocycles. The van der Waals surface area contributed by atoms with Crippen LogP contribution in [0.25, 0.3) is 0 Å². The SMILES string of the molecule is CN(C)c1ccc(NC(=O)NC(CO)C(=O)O)cc1. The molecule has 0 saturated carbocycles. The number of carbonyl (C=O) groups excluding carboxylic acids is 1. The number of hydrogen-bond donors (Lipinski definition) is 4. The summed E-state index contributed by atoms with van der Waals surface area (Å²) in [6, 6.07) is 5.03. The first-order valence-electron chi connectivity index (χ1n) is 5.62. The van der Waals surface area contributed by atoms with Crippen molar-refractivity contribution >= 4 is 23.4 Å². The number of aliphatic carboxylic acids is 1. The van der Waals surface area contributed by atoms with E-state index in [1.807, 2.05) is 31.1 Å². The molecule has 1 aromatic rings. The second-order valence-corrected chi connectivity index (χ2v) is 4.11. The average Bonchev–Trinajstić information content (AvgIpc) is 2.36. The van der Waals surface area contributed by atoms with Crippen LogP contribution in [-0.4, -0.2) is 49.0 Å². The van der Waals surface area contributed by atoms with Gasteiger partial charge in [-0.25, -0.2) is 9.59 Å². The van der Waals surface area contributed by atoms with Gasteiger partial charge in [0.15, 0.2) is 6.04 Å². The summed E-state index contributed by atoms with van der Waals surface area (Å²) in [5, 5.41) is 22.1. The molecule has 7 heteroatoms. The molecule has 1 atom stereocenters. The van der Waals surface area contributed by atoms with E-state index in [1.54, 1.807) is 12.1 Å². The zero-order valence-corrected chi connectivity index (χ0v) is 10.8. The van der Waals surface area contributed by atoms with E-state index in [0.29, 0.717) is 5.69 Å². The van der Waals surface area contributed by atoms with E-state index in [2.05, 4.69) is 10.6 Å². The van der Waals surface area contributed by atoms with Crippen molar-refractivity contribution < 1.29 is 19.8 Å². The van der Waals surface area contributed by atoms with Gasteiger partial charge in [-0.1, -0.05) is 0 Å². The van der Waals surface area contributed by atoms with Crippen LogP contribution in [0.1, 0.15) is 0 Å². The summed E-state index contributed by atoms with van der Waals surface area (Å²) in [4.78, 5) is 24.0. The molecule has 0 saturated heterocycles. The Hall–Kier alpha value is -2.28. The van der Waals surface area contributed by atoms with Gasteiger partial charge in [0.1, 0.15) is 0 Å². The van der Waals surface area contributed by atoms with Crippen molar-refractivity contribution in [3.8, 4) is 0 Å². The predicted octanol–water partition coefficient (Wildman–Crippen LogP) is 0.320. The van der Waals surface area contributed by atoms with E-state index >= 15 is 0 Å². The maximum atomic E-state index is 11.5. The van der Waals surface area contributed by atoms with Crippen molar-refractivity contribution in [1.29, 1.82) is 0 Å². The highest BCUT2D eigenvalue weighted by Crippen LogP contribution is 2.15. The third kappa shape index (κ3) is 4.47. The van der Waals surface area contributed by atoms with Gasteiger partial charge in [0, 0.05) is 25.5 Å². The highest BCUT2D eigenvalue weighted by molar-refractivity contribution is 5.92. The van der Waals surface area contributed by atoms with Gasteiger partial charge in [-0.2, -0.15) is 0 Å². The van der Waals surface area contributed by atoms with Crippen molar-refractivity contribution in [3.05, 3.63) is 24.3 Å². The zero-order chi connectivity index (χ0) is 14.4. The molecule has 0 fully saturated rings. The van der Waals surface area contributed by atoms with Crippen LogP contribution in [0.4, 0.5) is 16.2 Å². The van der Waals surface area contributed by atoms with Gasteiger partial charge < -0.3 is 25.7 Å². The number of benzene rings is 1. The lowest BCUT2D eigenvalue weighted by molar-refractivity contribution is -0.140. The number of carboxylic acids is 1. The Balaban J connectivity index is 2.59. The van der Waals surface area contributed by atoms with Crippen LogP contribution in [0.15, 0.2) is 24.3 Å². The maximum Gasteiger partial charge on any atom is 0.328 e. The topological polar surface area (TPSA) is 102 Å². The van der Waals surface area contributed by atoms with E-state index in [0.717, 1.165) is 5.69 Å². The first-order chi connectivity index (χ1) is 8.93. The number of aliphatic hydroxyl groups excluding tert-OH is 1. The lowest BCUT2D eigenvalue weighted by Gasteiger charge is -2.14. The lowest BCUT2D eigenvalue weighted by Crippen LogP contribution is -2.45. The number of hydrogen-bond acceptors (Lipinski definition) is 4. The third-order valence-electron chi connectivity index (χ3n) is 2.43. The summed E-state index contributed by atoms with van der Waals surface area (Å²) in [6.07, 6.45) is 0. The number of carbonyl (C=O) groups is 2. The molecule has 0 aliphatic carbocycles. The van der Waals surface area contributed by atoms with Crippen molar-refractivity contribution in [2.24, 2.45) is 0 Å². The van der Waals surface area contributed by atoms with Crippen LogP contribution in [-0.2, 0) is 4.79 Å². The molecular formula is C12H17N3O4. The van der Waals surface area contributed by atoms with Crippen LogP contribution in [0.2, 0.25) is 0 Å². The molecule has 0 heterocycles. The number of anilines is 2. The number of aliphatic hydroxyl groups is 1. The van der Waals surface area contributed by atoms with Gasteiger partial charge in [-0.05, 0) is 24.3 Å². The Morgan fingerprint density at radius 2 is 1.84 bits per heavy atom. The molecule has 2 amide bonds. The fourth-order valence-corrected chi connectivity index (χ4v) is 1.35. The Morgan fingerprint density at radius 3 is 2.26 bits per heavy atom. The van der Waals surface area contributed by atoms with E-state index in [1.165, 1.54) is 0 Å². The third-order valence-corrected chi connectivity index (χ3v) is 2.43. The summed E-state index contributed by atoms with van der Waals surface area (Å²) in [5.74, 6) is -1.29. The molecule has 4 N–H and O–H groups in total. The summed E-state index contributed by atoms with van der Waals surface area (Å²) in [7, 11) is 3.79. The molecule has 0 spiro atoms. The van der Waals surface area contributed by atoms with Crippen LogP contribution in [0.3, 0.4) is 0 Å². The number of amides is 2. The van der Waals surface area contributed by atoms with E-state index in [9.17, 15) is 9.59 Å². The molecule has 7 nitrogen and oxygen atoms in total. The highest BCUT2D eigenvalue weighted by Gasteiger charge is 2.18. The highest BCUT2D eigenvalue weighted by atomic mass is 16.4. The van der Waals surface area contributed by atoms with Gasteiger partial charge in [0.25, 0.3) is 0 Å². The van der Waals surface area contributed by atoms with Gasteiger partial charge in [-0.15, -0.1) is 0 Å². The van der Waals surface area contributed by atoms with E-state index < -0.39 is 24.6 Å². The van der Waals surface area contributed by atoms with Gasteiger partial charge in [0.05, 0.1) is 6.61 Å². The normalized spacial score (nSPS) is 11.5. The minimum Gasteiger partial charge on any atom is -0.480 e. The molecule has 104 valence electrons. The minimum atomic E-state index is -1.32. The Bertz CT molecular complexity index is 445. The molecule has 0 bridgehead atoms. The fourth-order valence-electron chi connectivity index (χ4n) is 1.35. The van der Waals surface area contributed by atoms with Crippen molar-refractivity contribution in [1.82, 2.24) is 5.32 Å². The first-order valence-corrected chi connectivity index (χ1v) is 5.62. The molecular weight excluding hydrogens is 250 g/mol. The van der Waals surface area contributed by atoms with E-state index in [4.69, 9.17) is 10.2 Å². The summed E-state index contributed by atoms with van der Waals surface area (Å²) in [5.41, 5.74) is 1.51. The minimum absolute atomic E-state index is 0.533. The van der Waals surface area contributed by atoms with Crippen LogP contribution < -0.4 is 15.5 Å². The average molecular weight is 267 g/mol. The Morgan fingerprint density at radius 1 is 1.26 bits per heavy atom. The number of rotatable bonds is 5. The summed E-state index contributed by atoms with van der Waals surface area (Å²) < 4.78 is 0. The number of nitrogens with one attached hydrogen (secondary N) is 2. The largest absolute Gasteiger partial charge is 0.480 e. The lowest BCUT2D eigenvalue weighted by atomic mass is 10.2. The summed E-state index contributed by atoms with van der Waals surface area (Å²) >= 11 is 0. The first kappa shape index (κ1) is 14.8. The van der Waals surface area contributed by atoms with Crippen LogP contribution in [0.5, 0.6) is 0 Å². The second kappa shape index (κ2) is 6.60. The molecule has 19 heavy (non-hydrogen) atoms.